The molecule has 4 heteroatoms. The van der Waals surface area contributed by atoms with Crippen molar-refractivity contribution in [2.75, 3.05) is 5.32 Å². The lowest BCUT2D eigenvalue weighted by atomic mass is 10.1. The highest BCUT2D eigenvalue weighted by Crippen LogP contribution is 2.20. The fraction of sp³-hybridized carbons (Fsp3) is 0.231. The number of benzene rings is 1. The molecule has 0 saturated carbocycles. The minimum atomic E-state index is 0.480. The Morgan fingerprint density at radius 2 is 2.24 bits per heavy atom. The van der Waals surface area contributed by atoms with Crippen LogP contribution >= 0.6 is 0 Å². The molecule has 0 unspecified atom stereocenters. The van der Waals surface area contributed by atoms with Crippen molar-refractivity contribution in [3.63, 3.8) is 0 Å². The van der Waals surface area contributed by atoms with Crippen LogP contribution in [0.4, 0.5) is 5.69 Å². The second-order valence-corrected chi connectivity index (χ2v) is 3.83. The average molecular weight is 227 g/mol. The van der Waals surface area contributed by atoms with Crippen molar-refractivity contribution in [3.05, 3.63) is 47.2 Å². The Morgan fingerprint density at radius 1 is 1.41 bits per heavy atom. The van der Waals surface area contributed by atoms with E-state index in [4.69, 9.17) is 9.68 Å². The third-order valence-electron chi connectivity index (χ3n) is 2.48. The molecule has 0 aliphatic heterocycles. The number of oxazole rings is 1. The lowest BCUT2D eigenvalue weighted by Crippen LogP contribution is -2.03. The second kappa shape index (κ2) is 4.71. The molecule has 0 aliphatic carbocycles. The van der Waals surface area contributed by atoms with Gasteiger partial charge in [-0.3, -0.25) is 0 Å². The van der Waals surface area contributed by atoms with E-state index in [1.165, 1.54) is 0 Å². The van der Waals surface area contributed by atoms with Gasteiger partial charge in [0.1, 0.15) is 11.8 Å². The molecule has 1 aromatic carbocycles. The third-order valence-corrected chi connectivity index (χ3v) is 2.48. The van der Waals surface area contributed by atoms with Gasteiger partial charge in [0.05, 0.1) is 24.0 Å². The maximum atomic E-state index is 9.02. The summed E-state index contributed by atoms with van der Waals surface area (Å²) in [6.45, 7) is 4.29. The highest BCUT2D eigenvalue weighted by Gasteiger charge is 2.06. The number of para-hydroxylation sites is 1. The summed E-state index contributed by atoms with van der Waals surface area (Å²) < 4.78 is 5.36. The van der Waals surface area contributed by atoms with Crippen molar-refractivity contribution in [2.45, 2.75) is 20.4 Å². The molecule has 0 saturated heterocycles. The Kier molecular flexibility index (Phi) is 3.10. The maximum absolute atomic E-state index is 9.02. The van der Waals surface area contributed by atoms with Gasteiger partial charge in [0.2, 0.25) is 5.89 Å². The van der Waals surface area contributed by atoms with Crippen molar-refractivity contribution in [2.24, 2.45) is 0 Å². The summed E-state index contributed by atoms with van der Waals surface area (Å²) in [6.07, 6.45) is 1.68. The first kappa shape index (κ1) is 11.2. The van der Waals surface area contributed by atoms with Crippen LogP contribution in [0.3, 0.4) is 0 Å². The summed E-state index contributed by atoms with van der Waals surface area (Å²) in [5, 5.41) is 12.2. The van der Waals surface area contributed by atoms with Crippen LogP contribution in [0.15, 0.2) is 28.8 Å². The number of nitrogens with zero attached hydrogens (tertiary/aromatic N) is 2. The summed E-state index contributed by atoms with van der Waals surface area (Å²) >= 11 is 0. The van der Waals surface area contributed by atoms with Gasteiger partial charge in [-0.05, 0) is 25.5 Å². The fourth-order valence-corrected chi connectivity index (χ4v) is 1.64. The van der Waals surface area contributed by atoms with E-state index < -0.39 is 0 Å². The first-order valence-corrected chi connectivity index (χ1v) is 5.35. The highest BCUT2D eigenvalue weighted by atomic mass is 16.4. The van der Waals surface area contributed by atoms with Gasteiger partial charge in [0.15, 0.2) is 0 Å². The molecule has 1 heterocycles. The predicted molar refractivity (Wildman–Crippen MR) is 64.5 cm³/mol. The molecular formula is C13H13N3O. The van der Waals surface area contributed by atoms with E-state index in [1.54, 1.807) is 12.3 Å². The van der Waals surface area contributed by atoms with E-state index >= 15 is 0 Å². The van der Waals surface area contributed by atoms with Crippen LogP contribution in [-0.2, 0) is 6.54 Å². The number of hydrogen-bond donors (Lipinski definition) is 1. The quantitative estimate of drug-likeness (QED) is 0.875. The van der Waals surface area contributed by atoms with Gasteiger partial charge in [-0.1, -0.05) is 12.1 Å². The van der Waals surface area contributed by atoms with Gasteiger partial charge in [-0.2, -0.15) is 5.26 Å². The van der Waals surface area contributed by atoms with Gasteiger partial charge in [-0.25, -0.2) is 4.98 Å². The van der Waals surface area contributed by atoms with E-state index in [0.29, 0.717) is 18.0 Å². The number of nitriles is 1. The minimum Gasteiger partial charge on any atom is -0.444 e. The summed E-state index contributed by atoms with van der Waals surface area (Å²) in [5.41, 5.74) is 2.51. The topological polar surface area (TPSA) is 61.9 Å². The van der Waals surface area contributed by atoms with E-state index in [2.05, 4.69) is 16.4 Å². The largest absolute Gasteiger partial charge is 0.444 e. The average Bonchev–Trinajstić information content (AvgIpc) is 2.73. The monoisotopic (exact) mass is 227 g/mol. The molecule has 2 aromatic rings. The lowest BCUT2D eigenvalue weighted by molar-refractivity contribution is 0.479. The number of rotatable bonds is 3. The molecule has 0 aliphatic rings. The van der Waals surface area contributed by atoms with E-state index in [1.807, 2.05) is 26.0 Å². The first-order valence-electron chi connectivity index (χ1n) is 5.35. The second-order valence-electron chi connectivity index (χ2n) is 3.83. The van der Waals surface area contributed by atoms with Crippen LogP contribution in [0.5, 0.6) is 0 Å². The molecule has 0 amide bonds. The molecule has 0 atom stereocenters. The summed E-state index contributed by atoms with van der Waals surface area (Å²) in [5.74, 6) is 1.40. The van der Waals surface area contributed by atoms with Crippen molar-refractivity contribution in [3.8, 4) is 6.07 Å². The number of nitrogens with one attached hydrogen (secondary N) is 1. The fourth-order valence-electron chi connectivity index (χ4n) is 1.64. The van der Waals surface area contributed by atoms with E-state index in [-0.39, 0.29) is 0 Å². The Balaban J connectivity index is 2.17. The zero-order chi connectivity index (χ0) is 12.3. The summed E-state index contributed by atoms with van der Waals surface area (Å²) in [7, 11) is 0. The highest BCUT2D eigenvalue weighted by molar-refractivity contribution is 5.62. The zero-order valence-corrected chi connectivity index (χ0v) is 9.82. The molecular weight excluding hydrogens is 214 g/mol. The van der Waals surface area contributed by atoms with Crippen molar-refractivity contribution >= 4 is 5.69 Å². The Morgan fingerprint density at radius 3 is 2.88 bits per heavy atom. The third kappa shape index (κ3) is 2.45. The van der Waals surface area contributed by atoms with E-state index in [9.17, 15) is 0 Å². The summed E-state index contributed by atoms with van der Waals surface area (Å²) in [4.78, 5) is 4.10. The van der Waals surface area contributed by atoms with Gasteiger partial charge >= 0.3 is 0 Å². The van der Waals surface area contributed by atoms with Crippen molar-refractivity contribution in [1.29, 1.82) is 5.26 Å². The first-order chi connectivity index (χ1) is 8.20. The van der Waals surface area contributed by atoms with Crippen LogP contribution in [-0.4, -0.2) is 4.98 Å². The van der Waals surface area contributed by atoms with Gasteiger partial charge in [0, 0.05) is 0 Å². The van der Waals surface area contributed by atoms with Crippen molar-refractivity contribution < 1.29 is 4.42 Å². The molecule has 2 rings (SSSR count). The van der Waals surface area contributed by atoms with Crippen molar-refractivity contribution in [1.82, 2.24) is 4.98 Å². The van der Waals surface area contributed by atoms with Crippen LogP contribution in [0.25, 0.3) is 0 Å². The number of aryl methyl sites for hydroxylation is 2. The Hall–Kier alpha value is -2.28. The van der Waals surface area contributed by atoms with Gasteiger partial charge in [0.25, 0.3) is 0 Å². The molecule has 86 valence electrons. The molecule has 0 spiro atoms. The summed E-state index contributed by atoms with van der Waals surface area (Å²) in [6, 6.07) is 7.78. The Labute approximate surface area is 99.9 Å². The molecule has 1 aromatic heterocycles. The van der Waals surface area contributed by atoms with Crippen LogP contribution in [0, 0.1) is 25.2 Å². The normalized spacial score (nSPS) is 9.94. The molecule has 0 bridgehead atoms. The predicted octanol–water partition coefficient (Wildman–Crippen LogP) is 2.78. The lowest BCUT2D eigenvalue weighted by Gasteiger charge is -2.09. The SMILES string of the molecule is Cc1cnc(CNc2c(C)cccc2C#N)o1. The van der Waals surface area contributed by atoms with E-state index in [0.717, 1.165) is 17.0 Å². The maximum Gasteiger partial charge on any atom is 0.213 e. The number of hydrogen-bond acceptors (Lipinski definition) is 4. The Bertz CT molecular complexity index is 566. The number of anilines is 1. The van der Waals surface area contributed by atoms with Crippen LogP contribution in [0.1, 0.15) is 22.8 Å². The number of aromatic nitrogens is 1. The molecule has 0 fully saturated rings. The molecule has 4 nitrogen and oxygen atoms in total. The van der Waals surface area contributed by atoms with Gasteiger partial charge in [-0.15, -0.1) is 0 Å². The minimum absolute atomic E-state index is 0.480. The van der Waals surface area contributed by atoms with Crippen LogP contribution < -0.4 is 5.32 Å². The van der Waals surface area contributed by atoms with Gasteiger partial charge < -0.3 is 9.73 Å². The standard InChI is InChI=1S/C13H13N3O/c1-9-4-3-5-11(6-14)13(9)16-8-12-15-7-10(2)17-12/h3-5,7,16H,8H2,1-2H3. The smallest absolute Gasteiger partial charge is 0.213 e. The molecule has 1 N–H and O–H groups in total. The molecule has 0 radical (unpaired) electrons. The zero-order valence-electron chi connectivity index (χ0n) is 9.82. The van der Waals surface area contributed by atoms with Crippen LogP contribution in [0.2, 0.25) is 0 Å². The molecule has 17 heavy (non-hydrogen) atoms.